The van der Waals surface area contributed by atoms with Gasteiger partial charge in [-0.05, 0) is 106 Å². The summed E-state index contributed by atoms with van der Waals surface area (Å²) in [4.78, 5) is 7.47. The second-order valence-electron chi connectivity index (χ2n) is 15.2. The first-order valence-electron chi connectivity index (χ1n) is 17.9. The average Bonchev–Trinajstić information content (AvgIpc) is 3.17. The normalized spacial score (nSPS) is 11.6. The fourth-order valence-corrected chi connectivity index (χ4v) is 6.46. The predicted octanol–water partition coefficient (Wildman–Crippen LogP) is 12.2. The van der Waals surface area contributed by atoms with E-state index in [0.29, 0.717) is 23.0 Å². The summed E-state index contributed by atoms with van der Waals surface area (Å²) >= 11 is 0. The van der Waals surface area contributed by atoms with Gasteiger partial charge in [-0.15, -0.1) is 0 Å². The first-order chi connectivity index (χ1) is 25.3. The Kier molecular flexibility index (Phi) is 10.5. The Morgan fingerprint density at radius 2 is 0.792 bits per heavy atom. The lowest BCUT2D eigenvalue weighted by molar-refractivity contribution is 0.395. The van der Waals surface area contributed by atoms with Crippen LogP contribution in [0.1, 0.15) is 52.7 Å². The molecule has 6 nitrogen and oxygen atoms in total. The highest BCUT2D eigenvalue weighted by Crippen LogP contribution is 2.41. The van der Waals surface area contributed by atoms with Crippen LogP contribution in [0.3, 0.4) is 0 Å². The van der Waals surface area contributed by atoms with Crippen LogP contribution in [0.4, 0.5) is 17.1 Å². The smallest absolute Gasteiger partial charge is 0.131 e. The molecule has 0 saturated heterocycles. The van der Waals surface area contributed by atoms with Crippen molar-refractivity contribution in [3.05, 3.63) is 132 Å². The maximum Gasteiger partial charge on any atom is 0.131 e. The zero-order chi connectivity index (χ0) is 37.9. The van der Waals surface area contributed by atoms with Crippen LogP contribution in [0.5, 0.6) is 23.0 Å². The largest absolute Gasteiger partial charge is 0.497 e. The first-order valence-corrected chi connectivity index (χ1v) is 17.9. The van der Waals surface area contributed by atoms with Crippen molar-refractivity contribution in [2.75, 3.05) is 33.3 Å². The zero-order valence-corrected chi connectivity index (χ0v) is 32.6. The van der Waals surface area contributed by atoms with E-state index in [9.17, 15) is 0 Å². The molecule has 0 aliphatic carbocycles. The Morgan fingerprint density at radius 3 is 1.13 bits per heavy atom. The molecule has 0 bridgehead atoms. The van der Waals surface area contributed by atoms with E-state index in [1.807, 2.05) is 36.4 Å². The Labute approximate surface area is 315 Å². The number of ether oxygens (including phenoxy) is 4. The highest BCUT2D eigenvalue weighted by atomic mass is 16.5. The number of pyridine rings is 1. The minimum Gasteiger partial charge on any atom is -0.497 e. The third-order valence-corrected chi connectivity index (χ3v) is 9.64. The second-order valence-corrected chi connectivity index (χ2v) is 15.2. The summed E-state index contributed by atoms with van der Waals surface area (Å²) in [7, 11) is 6.61. The quantitative estimate of drug-likeness (QED) is 0.141. The van der Waals surface area contributed by atoms with E-state index in [1.165, 1.54) is 11.1 Å². The van der Waals surface area contributed by atoms with Gasteiger partial charge in [0.2, 0.25) is 0 Å². The molecule has 0 aliphatic rings. The molecule has 6 rings (SSSR count). The summed E-state index contributed by atoms with van der Waals surface area (Å²) < 4.78 is 22.6. The molecule has 1 heterocycles. The molecule has 0 fully saturated rings. The predicted molar refractivity (Wildman–Crippen MR) is 219 cm³/mol. The molecule has 0 saturated carbocycles. The summed E-state index contributed by atoms with van der Waals surface area (Å²) in [5.74, 6) is 2.75. The molecule has 0 atom stereocenters. The van der Waals surface area contributed by atoms with Crippen molar-refractivity contribution >= 4 is 17.1 Å². The minimum absolute atomic E-state index is 0.0628. The third kappa shape index (κ3) is 8.02. The standard InChI is InChI=1S/C47H50N2O4/c1-46(2,3)33-13-19-36(20-14-33)49(37-21-15-34(16-22-37)47(4,5)6)35-17-11-31(12-18-35)32-27-42(40-25-23-38(50-7)29-44(40)52-9)48-43(28-32)41-26-24-39(51-8)30-45(41)53-10/h11-30H,1-10H3. The molecule has 272 valence electrons. The van der Waals surface area contributed by atoms with Crippen molar-refractivity contribution in [2.24, 2.45) is 0 Å². The summed E-state index contributed by atoms with van der Waals surface area (Å²) in [6.45, 7) is 13.5. The second kappa shape index (κ2) is 15.1. The van der Waals surface area contributed by atoms with Crippen LogP contribution in [0.25, 0.3) is 33.6 Å². The van der Waals surface area contributed by atoms with E-state index < -0.39 is 0 Å². The van der Waals surface area contributed by atoms with Gasteiger partial charge in [-0.3, -0.25) is 0 Å². The Balaban J connectivity index is 1.48. The van der Waals surface area contributed by atoms with Gasteiger partial charge in [-0.2, -0.15) is 0 Å². The van der Waals surface area contributed by atoms with Crippen molar-refractivity contribution in [3.8, 4) is 56.6 Å². The van der Waals surface area contributed by atoms with Crippen LogP contribution < -0.4 is 23.8 Å². The van der Waals surface area contributed by atoms with E-state index in [1.54, 1.807) is 28.4 Å². The van der Waals surface area contributed by atoms with E-state index >= 15 is 0 Å². The van der Waals surface area contributed by atoms with Gasteiger partial charge in [0.05, 0.1) is 39.8 Å². The van der Waals surface area contributed by atoms with Gasteiger partial charge < -0.3 is 23.8 Å². The fraction of sp³-hybridized carbons (Fsp3) is 0.255. The highest BCUT2D eigenvalue weighted by molar-refractivity contribution is 5.83. The van der Waals surface area contributed by atoms with E-state index in [-0.39, 0.29) is 10.8 Å². The van der Waals surface area contributed by atoms with Gasteiger partial charge in [0, 0.05) is 40.3 Å². The van der Waals surface area contributed by atoms with Gasteiger partial charge in [0.25, 0.3) is 0 Å². The zero-order valence-electron chi connectivity index (χ0n) is 32.6. The lowest BCUT2D eigenvalue weighted by Gasteiger charge is -2.28. The Bertz CT molecular complexity index is 2050. The Hall–Kier alpha value is -5.75. The van der Waals surface area contributed by atoms with E-state index in [4.69, 9.17) is 23.9 Å². The Morgan fingerprint density at radius 1 is 0.415 bits per heavy atom. The number of anilines is 3. The number of rotatable bonds is 10. The van der Waals surface area contributed by atoms with Gasteiger partial charge in [0.15, 0.2) is 0 Å². The minimum atomic E-state index is 0.0628. The number of hydrogen-bond acceptors (Lipinski definition) is 6. The summed E-state index contributed by atoms with van der Waals surface area (Å²) in [5, 5.41) is 0. The molecule has 0 aliphatic heterocycles. The molecule has 0 N–H and O–H groups in total. The molecule has 6 heteroatoms. The summed E-state index contributed by atoms with van der Waals surface area (Å²) in [5.41, 5.74) is 11.3. The van der Waals surface area contributed by atoms with Crippen LogP contribution in [0, 0.1) is 0 Å². The SMILES string of the molecule is COc1ccc(-c2cc(-c3ccc(N(c4ccc(C(C)(C)C)cc4)c4ccc(C(C)(C)C)cc4)cc3)cc(-c3ccc(OC)cc3OC)n2)c(OC)c1. The van der Waals surface area contributed by atoms with E-state index in [2.05, 4.69) is 131 Å². The van der Waals surface area contributed by atoms with Crippen molar-refractivity contribution in [1.29, 1.82) is 0 Å². The van der Waals surface area contributed by atoms with Crippen LogP contribution >= 0.6 is 0 Å². The average molecular weight is 707 g/mol. The first kappa shape index (κ1) is 37.0. The van der Waals surface area contributed by atoms with Gasteiger partial charge in [-0.25, -0.2) is 4.98 Å². The van der Waals surface area contributed by atoms with Crippen molar-refractivity contribution in [3.63, 3.8) is 0 Å². The number of benzene rings is 5. The third-order valence-electron chi connectivity index (χ3n) is 9.64. The van der Waals surface area contributed by atoms with Gasteiger partial charge in [0.1, 0.15) is 23.0 Å². The number of hydrogen-bond donors (Lipinski definition) is 0. The molecule has 6 aromatic rings. The van der Waals surface area contributed by atoms with Gasteiger partial charge in [-0.1, -0.05) is 77.9 Å². The summed E-state index contributed by atoms with van der Waals surface area (Å²) in [6.07, 6.45) is 0. The van der Waals surface area contributed by atoms with Crippen molar-refractivity contribution < 1.29 is 18.9 Å². The maximum atomic E-state index is 5.82. The monoisotopic (exact) mass is 706 g/mol. The maximum absolute atomic E-state index is 5.82. The number of methoxy groups -OCH3 is 4. The highest BCUT2D eigenvalue weighted by Gasteiger charge is 2.20. The van der Waals surface area contributed by atoms with Crippen LogP contribution in [0.2, 0.25) is 0 Å². The van der Waals surface area contributed by atoms with Crippen LogP contribution in [-0.2, 0) is 10.8 Å². The van der Waals surface area contributed by atoms with Crippen LogP contribution in [0.15, 0.2) is 121 Å². The topological polar surface area (TPSA) is 53.1 Å². The fourth-order valence-electron chi connectivity index (χ4n) is 6.46. The molecule has 0 amide bonds. The molecule has 0 unspecified atom stereocenters. The molecule has 1 aromatic heterocycles. The van der Waals surface area contributed by atoms with Crippen LogP contribution in [-0.4, -0.2) is 33.4 Å². The lowest BCUT2D eigenvalue weighted by atomic mass is 9.86. The number of aromatic nitrogens is 1. The number of nitrogens with zero attached hydrogens (tertiary/aromatic N) is 2. The van der Waals surface area contributed by atoms with Crippen molar-refractivity contribution in [1.82, 2.24) is 4.98 Å². The molecule has 53 heavy (non-hydrogen) atoms. The van der Waals surface area contributed by atoms with E-state index in [0.717, 1.165) is 50.7 Å². The van der Waals surface area contributed by atoms with Crippen molar-refractivity contribution in [2.45, 2.75) is 52.4 Å². The molecule has 5 aromatic carbocycles. The molecular weight excluding hydrogens is 657 g/mol. The summed E-state index contributed by atoms with van der Waals surface area (Å²) in [6, 6.07) is 42.3. The molecular formula is C47H50N2O4. The molecule has 0 radical (unpaired) electrons. The van der Waals surface area contributed by atoms with Gasteiger partial charge >= 0.3 is 0 Å². The lowest BCUT2D eigenvalue weighted by Crippen LogP contribution is -2.14. The molecule has 0 spiro atoms.